The van der Waals surface area contributed by atoms with Gasteiger partial charge in [-0.1, -0.05) is 63.9 Å². The van der Waals surface area contributed by atoms with Crippen molar-refractivity contribution >= 4 is 27.5 Å². The van der Waals surface area contributed by atoms with E-state index in [9.17, 15) is 0 Å². The molecule has 2 aromatic carbocycles. The number of benzene rings is 2. The Morgan fingerprint density at radius 1 is 1.15 bits per heavy atom. The Morgan fingerprint density at radius 3 is 2.55 bits per heavy atom. The van der Waals surface area contributed by atoms with Gasteiger partial charge in [0.25, 0.3) is 0 Å². The van der Waals surface area contributed by atoms with E-state index in [1.165, 1.54) is 11.1 Å². The minimum atomic E-state index is 0.408. The third-order valence-electron chi connectivity index (χ3n) is 3.50. The van der Waals surface area contributed by atoms with Gasteiger partial charge in [0.15, 0.2) is 0 Å². The van der Waals surface area contributed by atoms with Crippen LogP contribution in [0.3, 0.4) is 0 Å². The van der Waals surface area contributed by atoms with E-state index in [2.05, 4.69) is 57.6 Å². The van der Waals surface area contributed by atoms with Crippen molar-refractivity contribution in [2.24, 2.45) is 0 Å². The highest BCUT2D eigenvalue weighted by Crippen LogP contribution is 2.24. The second-order valence-corrected chi connectivity index (χ2v) is 6.20. The fourth-order valence-corrected chi connectivity index (χ4v) is 3.15. The lowest BCUT2D eigenvalue weighted by Crippen LogP contribution is -2.16. The molecule has 0 radical (unpaired) electrons. The molecule has 2 aromatic rings. The van der Waals surface area contributed by atoms with Gasteiger partial charge >= 0.3 is 0 Å². The summed E-state index contributed by atoms with van der Waals surface area (Å²) in [6.07, 6.45) is 3.23. The summed E-state index contributed by atoms with van der Waals surface area (Å²) >= 11 is 9.69. The van der Waals surface area contributed by atoms with Crippen molar-refractivity contribution in [2.45, 2.75) is 25.3 Å². The van der Waals surface area contributed by atoms with Crippen LogP contribution in [-0.4, -0.2) is 7.05 Å². The van der Waals surface area contributed by atoms with Crippen LogP contribution in [-0.2, 0) is 6.42 Å². The zero-order valence-corrected chi connectivity index (χ0v) is 13.9. The van der Waals surface area contributed by atoms with Crippen LogP contribution in [0.2, 0.25) is 5.02 Å². The average molecular weight is 353 g/mol. The molecular weight excluding hydrogens is 334 g/mol. The molecule has 1 atom stereocenters. The molecule has 0 saturated carbocycles. The fraction of sp³-hybridized carbons (Fsp3) is 0.294. The molecule has 0 fully saturated rings. The molecule has 0 amide bonds. The van der Waals surface area contributed by atoms with Crippen LogP contribution in [0.5, 0.6) is 0 Å². The van der Waals surface area contributed by atoms with E-state index < -0.39 is 0 Å². The largest absolute Gasteiger partial charge is 0.313 e. The predicted molar refractivity (Wildman–Crippen MR) is 90.3 cm³/mol. The molecule has 106 valence electrons. The molecule has 20 heavy (non-hydrogen) atoms. The maximum absolute atomic E-state index is 6.25. The number of rotatable bonds is 6. The summed E-state index contributed by atoms with van der Waals surface area (Å²) in [6, 6.07) is 17.1. The standard InChI is InChI=1S/C17H19BrClN/c1-20-17(14-6-3-2-4-7-14)9-5-8-13-10-11-15(18)12-16(13)19/h2-4,6-7,10-12,17,20H,5,8-9H2,1H3. The van der Waals surface area contributed by atoms with E-state index in [0.717, 1.165) is 28.8 Å². The van der Waals surface area contributed by atoms with Gasteiger partial charge in [-0.15, -0.1) is 0 Å². The predicted octanol–water partition coefficient (Wildman–Crippen LogP) is 5.39. The molecule has 0 spiro atoms. The first-order valence-corrected chi connectivity index (χ1v) is 8.04. The van der Waals surface area contributed by atoms with Crippen LogP contribution < -0.4 is 5.32 Å². The second-order valence-electron chi connectivity index (χ2n) is 4.88. The quantitative estimate of drug-likeness (QED) is 0.735. The van der Waals surface area contributed by atoms with Crippen molar-refractivity contribution in [1.82, 2.24) is 5.32 Å². The summed E-state index contributed by atoms with van der Waals surface area (Å²) in [5.41, 5.74) is 2.56. The Bertz CT molecular complexity index is 542. The summed E-state index contributed by atoms with van der Waals surface area (Å²) in [5, 5.41) is 4.24. The van der Waals surface area contributed by atoms with Gasteiger partial charge in [-0.2, -0.15) is 0 Å². The molecule has 0 aliphatic carbocycles. The Hall–Kier alpha value is -0.830. The van der Waals surface area contributed by atoms with Crippen LogP contribution in [0.15, 0.2) is 53.0 Å². The van der Waals surface area contributed by atoms with Crippen molar-refractivity contribution in [1.29, 1.82) is 0 Å². The average Bonchev–Trinajstić information content (AvgIpc) is 2.46. The molecule has 2 rings (SSSR count). The first-order valence-electron chi connectivity index (χ1n) is 6.87. The highest BCUT2D eigenvalue weighted by Gasteiger charge is 2.09. The minimum absolute atomic E-state index is 0.408. The van der Waals surface area contributed by atoms with Crippen LogP contribution in [0.1, 0.15) is 30.0 Å². The Balaban J connectivity index is 1.91. The molecule has 1 nitrogen and oxygen atoms in total. The third kappa shape index (κ3) is 4.34. The topological polar surface area (TPSA) is 12.0 Å². The van der Waals surface area contributed by atoms with E-state index in [0.29, 0.717) is 6.04 Å². The monoisotopic (exact) mass is 351 g/mol. The minimum Gasteiger partial charge on any atom is -0.313 e. The molecule has 0 bridgehead atoms. The fourth-order valence-electron chi connectivity index (χ4n) is 2.38. The summed E-state index contributed by atoms with van der Waals surface area (Å²) in [4.78, 5) is 0. The zero-order chi connectivity index (χ0) is 14.4. The first kappa shape index (κ1) is 15.6. The van der Waals surface area contributed by atoms with Crippen molar-refractivity contribution in [2.75, 3.05) is 7.05 Å². The van der Waals surface area contributed by atoms with E-state index in [4.69, 9.17) is 11.6 Å². The lowest BCUT2D eigenvalue weighted by Gasteiger charge is -2.16. The highest BCUT2D eigenvalue weighted by atomic mass is 79.9. The van der Waals surface area contributed by atoms with Crippen LogP contribution in [0.4, 0.5) is 0 Å². The van der Waals surface area contributed by atoms with E-state index >= 15 is 0 Å². The molecule has 1 N–H and O–H groups in total. The molecule has 0 aromatic heterocycles. The summed E-state index contributed by atoms with van der Waals surface area (Å²) in [6.45, 7) is 0. The summed E-state index contributed by atoms with van der Waals surface area (Å²) in [7, 11) is 2.02. The normalized spacial score (nSPS) is 12.3. The molecule has 0 saturated heterocycles. The number of hydrogen-bond donors (Lipinski definition) is 1. The van der Waals surface area contributed by atoms with Gasteiger partial charge in [0.2, 0.25) is 0 Å². The smallest absolute Gasteiger partial charge is 0.0449 e. The first-order chi connectivity index (χ1) is 9.70. The van der Waals surface area contributed by atoms with Gasteiger partial charge < -0.3 is 5.32 Å². The molecule has 0 aliphatic rings. The van der Waals surface area contributed by atoms with E-state index in [1.54, 1.807) is 0 Å². The zero-order valence-electron chi connectivity index (χ0n) is 11.6. The third-order valence-corrected chi connectivity index (χ3v) is 4.35. The van der Waals surface area contributed by atoms with Crippen molar-refractivity contribution in [3.8, 4) is 0 Å². The number of nitrogens with one attached hydrogen (secondary N) is 1. The number of aryl methyl sites for hydroxylation is 1. The van der Waals surface area contributed by atoms with Crippen molar-refractivity contribution < 1.29 is 0 Å². The van der Waals surface area contributed by atoms with Gasteiger partial charge in [0.05, 0.1) is 0 Å². The maximum Gasteiger partial charge on any atom is 0.0449 e. The number of halogens is 2. The molecule has 0 heterocycles. The lowest BCUT2D eigenvalue weighted by molar-refractivity contribution is 0.527. The Morgan fingerprint density at radius 2 is 1.90 bits per heavy atom. The van der Waals surface area contributed by atoms with Gasteiger partial charge in [-0.3, -0.25) is 0 Å². The second kappa shape index (κ2) is 7.82. The van der Waals surface area contributed by atoms with Crippen LogP contribution in [0.25, 0.3) is 0 Å². The van der Waals surface area contributed by atoms with Crippen LogP contribution >= 0.6 is 27.5 Å². The lowest BCUT2D eigenvalue weighted by atomic mass is 9.99. The van der Waals surface area contributed by atoms with E-state index in [1.807, 2.05) is 19.2 Å². The number of hydrogen-bond acceptors (Lipinski definition) is 1. The SMILES string of the molecule is CNC(CCCc1ccc(Br)cc1Cl)c1ccccc1. The molecule has 1 unspecified atom stereocenters. The molecule has 3 heteroatoms. The molecule has 0 aliphatic heterocycles. The summed E-state index contributed by atoms with van der Waals surface area (Å²) in [5.74, 6) is 0. The van der Waals surface area contributed by atoms with Crippen LogP contribution in [0, 0.1) is 0 Å². The summed E-state index contributed by atoms with van der Waals surface area (Å²) < 4.78 is 1.03. The maximum atomic E-state index is 6.25. The van der Waals surface area contributed by atoms with Gasteiger partial charge in [0, 0.05) is 15.5 Å². The Kier molecular flexibility index (Phi) is 6.08. The molecular formula is C17H19BrClN. The van der Waals surface area contributed by atoms with Gasteiger partial charge in [0.1, 0.15) is 0 Å². The van der Waals surface area contributed by atoms with Crippen molar-refractivity contribution in [3.63, 3.8) is 0 Å². The van der Waals surface area contributed by atoms with Gasteiger partial charge in [-0.25, -0.2) is 0 Å². The van der Waals surface area contributed by atoms with Crippen molar-refractivity contribution in [3.05, 3.63) is 69.2 Å². The van der Waals surface area contributed by atoms with Gasteiger partial charge in [-0.05, 0) is 49.6 Å². The highest BCUT2D eigenvalue weighted by molar-refractivity contribution is 9.10. The Labute approximate surface area is 134 Å². The van der Waals surface area contributed by atoms with E-state index in [-0.39, 0.29) is 0 Å².